The van der Waals surface area contributed by atoms with Crippen molar-refractivity contribution in [2.45, 2.75) is 12.8 Å². The molecule has 0 bridgehead atoms. The smallest absolute Gasteiger partial charge is 0.251 e. The molecule has 1 unspecified atom stereocenters. The van der Waals surface area contributed by atoms with Gasteiger partial charge in [-0.1, -0.05) is 18.2 Å². The Balaban J connectivity index is 1.92. The first-order valence-electron chi connectivity index (χ1n) is 6.95. The van der Waals surface area contributed by atoms with Crippen LogP contribution in [0.1, 0.15) is 22.3 Å². The van der Waals surface area contributed by atoms with Gasteiger partial charge in [0.2, 0.25) is 0 Å². The molecule has 1 aromatic rings. The first-order chi connectivity index (χ1) is 9.20. The number of rotatable bonds is 5. The van der Waals surface area contributed by atoms with E-state index in [0.717, 1.165) is 37.2 Å². The van der Waals surface area contributed by atoms with Crippen LogP contribution in [0.15, 0.2) is 24.3 Å². The van der Waals surface area contributed by atoms with Gasteiger partial charge in [-0.2, -0.15) is 0 Å². The van der Waals surface area contributed by atoms with Crippen LogP contribution >= 0.6 is 0 Å². The van der Waals surface area contributed by atoms with E-state index in [1.807, 2.05) is 24.3 Å². The number of nitrogens with one attached hydrogen (secondary N) is 1. The molecule has 1 amide bonds. The van der Waals surface area contributed by atoms with Crippen LogP contribution in [0.5, 0.6) is 0 Å². The zero-order chi connectivity index (χ0) is 13.7. The van der Waals surface area contributed by atoms with E-state index < -0.39 is 0 Å². The molecule has 0 spiro atoms. The largest absolute Gasteiger partial charge is 0.352 e. The van der Waals surface area contributed by atoms with Crippen LogP contribution in [-0.4, -0.2) is 44.0 Å². The van der Waals surface area contributed by atoms with E-state index in [2.05, 4.69) is 17.3 Å². The summed E-state index contributed by atoms with van der Waals surface area (Å²) in [6.07, 6.45) is 1.91. The number of nitrogens with zero attached hydrogens (tertiary/aromatic N) is 1. The third-order valence-corrected chi connectivity index (χ3v) is 3.72. The van der Waals surface area contributed by atoms with Gasteiger partial charge in [0.1, 0.15) is 0 Å². The second-order valence-corrected chi connectivity index (χ2v) is 5.32. The predicted octanol–water partition coefficient (Wildman–Crippen LogP) is 0.869. The lowest BCUT2D eigenvalue weighted by atomic mass is 10.0. The standard InChI is InChI=1S/C15H23N3O/c1-18-9-7-12(11-18)10-17-15(19)14-5-3-2-4-13(14)6-8-16/h2-5,12H,6-11,16H2,1H3,(H,17,19). The fraction of sp³-hybridized carbons (Fsp3) is 0.533. The molecule has 1 heterocycles. The normalized spacial score (nSPS) is 19.6. The third-order valence-electron chi connectivity index (χ3n) is 3.72. The van der Waals surface area contributed by atoms with Crippen LogP contribution in [0.2, 0.25) is 0 Å². The second-order valence-electron chi connectivity index (χ2n) is 5.32. The van der Waals surface area contributed by atoms with E-state index in [4.69, 9.17) is 5.73 Å². The average Bonchev–Trinajstić information content (AvgIpc) is 2.83. The van der Waals surface area contributed by atoms with Gasteiger partial charge in [-0.3, -0.25) is 4.79 Å². The number of likely N-dealkylation sites (tertiary alicyclic amines) is 1. The van der Waals surface area contributed by atoms with E-state index in [0.29, 0.717) is 12.5 Å². The van der Waals surface area contributed by atoms with Crippen molar-refractivity contribution >= 4 is 5.91 Å². The molecule has 1 aromatic carbocycles. The van der Waals surface area contributed by atoms with Crippen molar-refractivity contribution in [1.29, 1.82) is 0 Å². The molecule has 3 N–H and O–H groups in total. The number of carbonyl (C=O) groups is 1. The summed E-state index contributed by atoms with van der Waals surface area (Å²) in [6, 6.07) is 7.71. The Morgan fingerprint density at radius 3 is 2.95 bits per heavy atom. The molecule has 19 heavy (non-hydrogen) atoms. The summed E-state index contributed by atoms with van der Waals surface area (Å²) in [6.45, 7) is 3.53. The molecular formula is C15H23N3O. The number of hydrogen-bond acceptors (Lipinski definition) is 3. The predicted molar refractivity (Wildman–Crippen MR) is 77.1 cm³/mol. The molecule has 1 aliphatic heterocycles. The number of benzene rings is 1. The highest BCUT2D eigenvalue weighted by atomic mass is 16.1. The Hall–Kier alpha value is -1.39. The lowest BCUT2D eigenvalue weighted by Gasteiger charge is -2.13. The molecule has 4 heteroatoms. The summed E-state index contributed by atoms with van der Waals surface area (Å²) in [5.74, 6) is 0.606. The third kappa shape index (κ3) is 3.78. The molecule has 104 valence electrons. The fourth-order valence-corrected chi connectivity index (χ4v) is 2.64. The topological polar surface area (TPSA) is 58.4 Å². The second kappa shape index (κ2) is 6.68. The first-order valence-corrected chi connectivity index (χ1v) is 6.95. The van der Waals surface area contributed by atoms with Crippen LogP contribution in [0.25, 0.3) is 0 Å². The maximum atomic E-state index is 12.2. The van der Waals surface area contributed by atoms with Gasteiger partial charge in [0, 0.05) is 18.7 Å². The molecular weight excluding hydrogens is 238 g/mol. The van der Waals surface area contributed by atoms with Crippen molar-refractivity contribution in [3.05, 3.63) is 35.4 Å². The summed E-state index contributed by atoms with van der Waals surface area (Å²) in [7, 11) is 2.12. The molecule has 2 rings (SSSR count). The number of hydrogen-bond donors (Lipinski definition) is 2. The van der Waals surface area contributed by atoms with Gasteiger partial charge in [0.15, 0.2) is 0 Å². The van der Waals surface area contributed by atoms with Crippen molar-refractivity contribution in [3.63, 3.8) is 0 Å². The Kier molecular flexibility index (Phi) is 4.93. The van der Waals surface area contributed by atoms with Crippen LogP contribution < -0.4 is 11.1 Å². The van der Waals surface area contributed by atoms with Crippen LogP contribution in [0.3, 0.4) is 0 Å². The van der Waals surface area contributed by atoms with Crippen molar-refractivity contribution in [1.82, 2.24) is 10.2 Å². The molecule has 1 aliphatic rings. The summed E-state index contributed by atoms with van der Waals surface area (Å²) in [4.78, 5) is 14.5. The van der Waals surface area contributed by atoms with Gasteiger partial charge in [-0.25, -0.2) is 0 Å². The quantitative estimate of drug-likeness (QED) is 0.827. The van der Waals surface area contributed by atoms with Gasteiger partial charge in [-0.05, 0) is 50.5 Å². The highest BCUT2D eigenvalue weighted by molar-refractivity contribution is 5.95. The molecule has 0 aromatic heterocycles. The maximum Gasteiger partial charge on any atom is 0.251 e. The zero-order valence-electron chi connectivity index (χ0n) is 11.6. The Bertz CT molecular complexity index is 433. The van der Waals surface area contributed by atoms with E-state index >= 15 is 0 Å². The lowest BCUT2D eigenvalue weighted by Crippen LogP contribution is -2.31. The molecule has 4 nitrogen and oxygen atoms in total. The van der Waals surface area contributed by atoms with Crippen molar-refractivity contribution in [3.8, 4) is 0 Å². The Labute approximate surface area is 115 Å². The average molecular weight is 261 g/mol. The lowest BCUT2D eigenvalue weighted by molar-refractivity contribution is 0.0946. The van der Waals surface area contributed by atoms with Crippen molar-refractivity contribution in [2.75, 3.05) is 33.2 Å². The Morgan fingerprint density at radius 2 is 2.26 bits per heavy atom. The maximum absolute atomic E-state index is 12.2. The Morgan fingerprint density at radius 1 is 1.47 bits per heavy atom. The van der Waals surface area contributed by atoms with E-state index in [-0.39, 0.29) is 5.91 Å². The minimum Gasteiger partial charge on any atom is -0.352 e. The molecule has 1 saturated heterocycles. The minimum atomic E-state index is 0.0265. The van der Waals surface area contributed by atoms with Gasteiger partial charge in [-0.15, -0.1) is 0 Å². The monoisotopic (exact) mass is 261 g/mol. The first kappa shape index (κ1) is 14.0. The molecule has 1 fully saturated rings. The van der Waals surface area contributed by atoms with Gasteiger partial charge < -0.3 is 16.0 Å². The summed E-state index contributed by atoms with van der Waals surface area (Å²) < 4.78 is 0. The van der Waals surface area contributed by atoms with E-state index in [1.165, 1.54) is 6.42 Å². The van der Waals surface area contributed by atoms with Crippen molar-refractivity contribution < 1.29 is 4.79 Å². The number of amides is 1. The molecule has 0 radical (unpaired) electrons. The molecule has 0 aliphatic carbocycles. The summed E-state index contributed by atoms with van der Waals surface area (Å²) >= 11 is 0. The van der Waals surface area contributed by atoms with Gasteiger partial charge in [0.25, 0.3) is 5.91 Å². The molecule has 1 atom stereocenters. The van der Waals surface area contributed by atoms with Gasteiger partial charge >= 0.3 is 0 Å². The van der Waals surface area contributed by atoms with Crippen molar-refractivity contribution in [2.24, 2.45) is 11.7 Å². The molecule has 0 saturated carbocycles. The minimum absolute atomic E-state index is 0.0265. The fourth-order valence-electron chi connectivity index (χ4n) is 2.64. The highest BCUT2D eigenvalue weighted by Crippen LogP contribution is 2.14. The van der Waals surface area contributed by atoms with Crippen LogP contribution in [-0.2, 0) is 6.42 Å². The SMILES string of the molecule is CN1CCC(CNC(=O)c2ccccc2CCN)C1. The van der Waals surface area contributed by atoms with E-state index in [9.17, 15) is 4.79 Å². The van der Waals surface area contributed by atoms with Crippen LogP contribution in [0.4, 0.5) is 0 Å². The summed E-state index contributed by atoms with van der Waals surface area (Å²) in [5, 5.41) is 3.05. The van der Waals surface area contributed by atoms with E-state index in [1.54, 1.807) is 0 Å². The van der Waals surface area contributed by atoms with Crippen LogP contribution in [0, 0.1) is 5.92 Å². The van der Waals surface area contributed by atoms with Gasteiger partial charge in [0.05, 0.1) is 0 Å². The zero-order valence-corrected chi connectivity index (χ0v) is 11.6. The highest BCUT2D eigenvalue weighted by Gasteiger charge is 2.20. The number of carbonyl (C=O) groups excluding carboxylic acids is 1. The summed E-state index contributed by atoms with van der Waals surface area (Å²) in [5.41, 5.74) is 7.38. The number of nitrogens with two attached hydrogens (primary N) is 1.